The van der Waals surface area contributed by atoms with Gasteiger partial charge in [-0.3, -0.25) is 9.59 Å². The number of benzene rings is 1. The molecule has 4 rings (SSSR count). The van der Waals surface area contributed by atoms with Crippen LogP contribution in [0.5, 0.6) is 0 Å². The second-order valence-corrected chi connectivity index (χ2v) is 6.89. The molecule has 27 heavy (non-hydrogen) atoms. The van der Waals surface area contributed by atoms with Crippen LogP contribution in [0.15, 0.2) is 36.5 Å². The van der Waals surface area contributed by atoms with Crippen LogP contribution in [-0.2, 0) is 9.53 Å². The Morgan fingerprint density at radius 1 is 1.22 bits per heavy atom. The Labute approximate surface area is 155 Å². The number of likely N-dealkylation sites (tertiary alicyclic amines) is 1. The normalized spacial score (nSPS) is 22.5. The van der Waals surface area contributed by atoms with E-state index in [1.807, 2.05) is 0 Å². The van der Waals surface area contributed by atoms with Crippen LogP contribution < -0.4 is 4.90 Å². The molecular formula is C19H19FN4O3. The first-order chi connectivity index (χ1) is 13.0. The average molecular weight is 370 g/mol. The van der Waals surface area contributed by atoms with Crippen molar-refractivity contribution in [2.75, 3.05) is 31.1 Å². The number of aryl methyl sites for hydroxylation is 1. The van der Waals surface area contributed by atoms with Gasteiger partial charge in [0.1, 0.15) is 29.5 Å². The summed E-state index contributed by atoms with van der Waals surface area (Å²) in [6.07, 6.45) is 2.18. The summed E-state index contributed by atoms with van der Waals surface area (Å²) >= 11 is 0. The van der Waals surface area contributed by atoms with Gasteiger partial charge < -0.3 is 14.5 Å². The molecule has 2 saturated heterocycles. The van der Waals surface area contributed by atoms with Gasteiger partial charge in [0.05, 0.1) is 13.1 Å². The van der Waals surface area contributed by atoms with Crippen molar-refractivity contribution in [1.29, 1.82) is 0 Å². The van der Waals surface area contributed by atoms with Gasteiger partial charge in [-0.05, 0) is 43.7 Å². The number of nitrogens with zero attached hydrogens (tertiary/aromatic N) is 4. The minimum atomic E-state index is -0.625. The number of ether oxygens (including phenoxy) is 1. The van der Waals surface area contributed by atoms with Crippen LogP contribution in [0.2, 0.25) is 0 Å². The van der Waals surface area contributed by atoms with Crippen LogP contribution in [0, 0.1) is 12.7 Å². The summed E-state index contributed by atoms with van der Waals surface area (Å²) in [6, 6.07) is 7.40. The molecule has 2 aromatic rings. The fourth-order valence-corrected chi connectivity index (χ4v) is 3.57. The van der Waals surface area contributed by atoms with E-state index < -0.39 is 5.60 Å². The molecule has 0 saturated carbocycles. The first kappa shape index (κ1) is 17.5. The maximum Gasteiger partial charge on any atom is 0.272 e. The van der Waals surface area contributed by atoms with Crippen LogP contribution >= 0.6 is 0 Å². The summed E-state index contributed by atoms with van der Waals surface area (Å²) in [7, 11) is 0. The summed E-state index contributed by atoms with van der Waals surface area (Å²) in [5.41, 5.74) is 0.349. The molecule has 140 valence electrons. The maximum atomic E-state index is 13.2. The van der Waals surface area contributed by atoms with Crippen molar-refractivity contribution >= 4 is 17.5 Å². The third kappa shape index (κ3) is 3.40. The van der Waals surface area contributed by atoms with Gasteiger partial charge in [-0.1, -0.05) is 0 Å². The molecule has 2 fully saturated rings. The van der Waals surface area contributed by atoms with Crippen molar-refractivity contribution in [1.82, 2.24) is 14.9 Å². The number of hydrogen-bond donors (Lipinski definition) is 0. The van der Waals surface area contributed by atoms with Gasteiger partial charge in [-0.15, -0.1) is 0 Å². The molecule has 2 amide bonds. The van der Waals surface area contributed by atoms with Gasteiger partial charge in [0, 0.05) is 18.4 Å². The fraction of sp³-hybridized carbons (Fsp3) is 0.368. The molecule has 3 heterocycles. The topological polar surface area (TPSA) is 75.6 Å². The summed E-state index contributed by atoms with van der Waals surface area (Å²) in [4.78, 5) is 36.5. The van der Waals surface area contributed by atoms with Gasteiger partial charge in [0.25, 0.3) is 11.8 Å². The van der Waals surface area contributed by atoms with Crippen LogP contribution in [0.3, 0.4) is 0 Å². The standard InChI is InChI=1S/C19H19FN4O3/c1-13-21-8-6-16(22-13)18(26)23-9-7-19(11-23)12-24(17(25)10-27-19)15-4-2-14(20)3-5-15/h2-6,8H,7,9-12H2,1H3. The minimum absolute atomic E-state index is 0.0635. The van der Waals surface area contributed by atoms with Crippen molar-refractivity contribution < 1.29 is 18.7 Å². The predicted octanol–water partition coefficient (Wildman–Crippen LogP) is 1.57. The summed E-state index contributed by atoms with van der Waals surface area (Å²) in [5.74, 6) is -0.168. The van der Waals surface area contributed by atoms with E-state index >= 15 is 0 Å². The highest BCUT2D eigenvalue weighted by Gasteiger charge is 2.46. The van der Waals surface area contributed by atoms with Crippen LogP contribution in [0.25, 0.3) is 0 Å². The van der Waals surface area contributed by atoms with Crippen LogP contribution in [0.4, 0.5) is 10.1 Å². The van der Waals surface area contributed by atoms with E-state index in [0.717, 1.165) is 0 Å². The Morgan fingerprint density at radius 2 is 2.00 bits per heavy atom. The number of rotatable bonds is 2. The Hall–Kier alpha value is -2.87. The van der Waals surface area contributed by atoms with Crippen molar-refractivity contribution in [3.63, 3.8) is 0 Å². The highest BCUT2D eigenvalue weighted by atomic mass is 19.1. The maximum absolute atomic E-state index is 13.2. The second kappa shape index (κ2) is 6.70. The molecule has 1 atom stereocenters. The largest absolute Gasteiger partial charge is 0.361 e. The zero-order valence-corrected chi connectivity index (χ0v) is 14.9. The number of anilines is 1. The van der Waals surface area contributed by atoms with E-state index in [1.165, 1.54) is 12.1 Å². The summed E-state index contributed by atoms with van der Waals surface area (Å²) < 4.78 is 19.1. The summed E-state index contributed by atoms with van der Waals surface area (Å²) in [6.45, 7) is 2.89. The molecule has 8 heteroatoms. The lowest BCUT2D eigenvalue weighted by Gasteiger charge is -2.40. The lowest BCUT2D eigenvalue weighted by Crippen LogP contribution is -2.56. The molecular weight excluding hydrogens is 351 g/mol. The van der Waals surface area contributed by atoms with Crippen molar-refractivity contribution in [3.05, 3.63) is 53.9 Å². The Bertz CT molecular complexity index is 889. The molecule has 2 aliphatic heterocycles. The smallest absolute Gasteiger partial charge is 0.272 e. The Morgan fingerprint density at radius 3 is 2.74 bits per heavy atom. The third-order valence-corrected chi connectivity index (χ3v) is 4.99. The number of carbonyl (C=O) groups excluding carboxylic acids is 2. The van der Waals surface area contributed by atoms with Crippen LogP contribution in [-0.4, -0.2) is 58.5 Å². The average Bonchev–Trinajstić information content (AvgIpc) is 3.08. The van der Waals surface area contributed by atoms with Crippen LogP contribution in [0.1, 0.15) is 22.7 Å². The van der Waals surface area contributed by atoms with Gasteiger partial charge >= 0.3 is 0 Å². The predicted molar refractivity (Wildman–Crippen MR) is 94.7 cm³/mol. The lowest BCUT2D eigenvalue weighted by molar-refractivity contribution is -0.137. The van der Waals surface area contributed by atoms with Gasteiger partial charge in [0.15, 0.2) is 0 Å². The van der Waals surface area contributed by atoms with Gasteiger partial charge in [0.2, 0.25) is 0 Å². The van der Waals surface area contributed by atoms with Gasteiger partial charge in [-0.25, -0.2) is 14.4 Å². The number of carbonyl (C=O) groups is 2. The molecule has 1 unspecified atom stereocenters. The number of morpholine rings is 1. The van der Waals surface area contributed by atoms with E-state index in [9.17, 15) is 14.0 Å². The van der Waals surface area contributed by atoms with E-state index in [4.69, 9.17) is 4.74 Å². The number of hydrogen-bond acceptors (Lipinski definition) is 5. The van der Waals surface area contributed by atoms with E-state index in [1.54, 1.807) is 41.1 Å². The molecule has 1 spiro atoms. The monoisotopic (exact) mass is 370 g/mol. The SMILES string of the molecule is Cc1nccc(C(=O)N2CCC3(C2)CN(c2ccc(F)cc2)C(=O)CO3)n1. The first-order valence-electron chi connectivity index (χ1n) is 8.75. The van der Waals surface area contributed by atoms with Gasteiger partial charge in [-0.2, -0.15) is 0 Å². The van der Waals surface area contributed by atoms with Crippen molar-refractivity contribution in [2.24, 2.45) is 0 Å². The molecule has 0 radical (unpaired) electrons. The van der Waals surface area contributed by atoms with E-state index in [-0.39, 0.29) is 24.2 Å². The Balaban J connectivity index is 1.51. The zero-order chi connectivity index (χ0) is 19.0. The molecule has 1 aromatic heterocycles. The highest BCUT2D eigenvalue weighted by Crippen LogP contribution is 2.32. The zero-order valence-electron chi connectivity index (χ0n) is 14.9. The fourth-order valence-electron chi connectivity index (χ4n) is 3.57. The minimum Gasteiger partial charge on any atom is -0.361 e. The second-order valence-electron chi connectivity index (χ2n) is 6.89. The summed E-state index contributed by atoms with van der Waals surface area (Å²) in [5, 5.41) is 0. The molecule has 7 nitrogen and oxygen atoms in total. The Kier molecular flexibility index (Phi) is 4.35. The molecule has 0 bridgehead atoms. The number of amides is 2. The van der Waals surface area contributed by atoms with Crippen molar-refractivity contribution in [3.8, 4) is 0 Å². The first-order valence-corrected chi connectivity index (χ1v) is 8.75. The molecule has 2 aliphatic rings. The number of aromatic nitrogens is 2. The van der Waals surface area contributed by atoms with E-state index in [2.05, 4.69) is 9.97 Å². The molecule has 1 aromatic carbocycles. The quantitative estimate of drug-likeness (QED) is 0.802. The number of halogens is 1. The lowest BCUT2D eigenvalue weighted by atomic mass is 10.00. The molecule has 0 aliphatic carbocycles. The van der Waals surface area contributed by atoms with E-state index in [0.29, 0.717) is 43.3 Å². The van der Waals surface area contributed by atoms with Crippen molar-refractivity contribution in [2.45, 2.75) is 18.9 Å². The molecule has 0 N–H and O–H groups in total. The highest BCUT2D eigenvalue weighted by molar-refractivity contribution is 5.95. The third-order valence-electron chi connectivity index (χ3n) is 4.99.